The molecular formula is C11H21N3O2S. The third-order valence-electron chi connectivity index (χ3n) is 3.14. The molecule has 1 aromatic rings. The summed E-state index contributed by atoms with van der Waals surface area (Å²) in [6.07, 6.45) is 3.00. The molecule has 1 N–H and O–H groups in total. The molecule has 1 rings (SSSR count). The lowest BCUT2D eigenvalue weighted by Crippen LogP contribution is -2.42. The standard InChI is InChI=1S/C11H21N3O2S/c1-9(10-6-7-13-14(10)4)12-8-11(2,3)17(5,15)16/h6-7,9,12H,8H2,1-5H3. The van der Waals surface area contributed by atoms with Gasteiger partial charge in [-0.2, -0.15) is 5.10 Å². The molecule has 0 amide bonds. The van der Waals surface area contributed by atoms with Gasteiger partial charge in [0.05, 0.1) is 10.4 Å². The average Bonchev–Trinajstić information content (AvgIpc) is 2.59. The topological polar surface area (TPSA) is 64.0 Å². The van der Waals surface area contributed by atoms with E-state index in [1.807, 2.05) is 20.0 Å². The van der Waals surface area contributed by atoms with Crippen LogP contribution in [0.3, 0.4) is 0 Å². The van der Waals surface area contributed by atoms with Crippen LogP contribution in [0, 0.1) is 0 Å². The fourth-order valence-electron chi connectivity index (χ4n) is 1.44. The molecule has 0 aliphatic rings. The Hall–Kier alpha value is -0.880. The SMILES string of the molecule is CC(NCC(C)(C)S(C)(=O)=O)c1ccnn1C. The summed E-state index contributed by atoms with van der Waals surface area (Å²) in [5, 5.41) is 7.32. The number of hydrogen-bond donors (Lipinski definition) is 1. The van der Waals surface area contributed by atoms with Gasteiger partial charge in [-0.1, -0.05) is 0 Å². The number of hydrogen-bond acceptors (Lipinski definition) is 4. The summed E-state index contributed by atoms with van der Waals surface area (Å²) in [6.45, 7) is 5.87. The van der Waals surface area contributed by atoms with E-state index in [9.17, 15) is 8.42 Å². The van der Waals surface area contributed by atoms with Crippen LogP contribution >= 0.6 is 0 Å². The highest BCUT2D eigenvalue weighted by molar-refractivity contribution is 7.92. The van der Waals surface area contributed by atoms with Crippen molar-refractivity contribution in [2.75, 3.05) is 12.8 Å². The lowest BCUT2D eigenvalue weighted by atomic mass is 10.1. The molecule has 1 unspecified atom stereocenters. The lowest BCUT2D eigenvalue weighted by Gasteiger charge is -2.25. The quantitative estimate of drug-likeness (QED) is 0.853. The number of aryl methyl sites for hydroxylation is 1. The fourth-order valence-corrected chi connectivity index (χ4v) is 1.79. The predicted molar refractivity (Wildman–Crippen MR) is 68.5 cm³/mol. The zero-order valence-corrected chi connectivity index (χ0v) is 11.9. The molecule has 0 bridgehead atoms. The maximum atomic E-state index is 11.6. The second-order valence-electron chi connectivity index (χ2n) is 5.01. The normalized spacial score (nSPS) is 14.9. The van der Waals surface area contributed by atoms with Crippen molar-refractivity contribution in [2.45, 2.75) is 31.6 Å². The van der Waals surface area contributed by atoms with Crippen molar-refractivity contribution < 1.29 is 8.42 Å². The van der Waals surface area contributed by atoms with Gasteiger partial charge in [0.2, 0.25) is 0 Å². The van der Waals surface area contributed by atoms with Crippen molar-refractivity contribution in [2.24, 2.45) is 7.05 Å². The van der Waals surface area contributed by atoms with Gasteiger partial charge in [0, 0.05) is 32.1 Å². The van der Waals surface area contributed by atoms with E-state index < -0.39 is 14.6 Å². The van der Waals surface area contributed by atoms with E-state index in [1.165, 1.54) is 6.26 Å². The van der Waals surface area contributed by atoms with Gasteiger partial charge in [-0.05, 0) is 26.8 Å². The molecule has 0 aliphatic heterocycles. The van der Waals surface area contributed by atoms with E-state index >= 15 is 0 Å². The molecule has 17 heavy (non-hydrogen) atoms. The van der Waals surface area contributed by atoms with Gasteiger partial charge in [0.15, 0.2) is 9.84 Å². The van der Waals surface area contributed by atoms with Crippen molar-refractivity contribution in [3.8, 4) is 0 Å². The molecule has 0 aliphatic carbocycles. The van der Waals surface area contributed by atoms with Crippen LogP contribution in [-0.2, 0) is 16.9 Å². The van der Waals surface area contributed by atoms with E-state index in [2.05, 4.69) is 10.4 Å². The van der Waals surface area contributed by atoms with Gasteiger partial charge >= 0.3 is 0 Å². The first-order valence-electron chi connectivity index (χ1n) is 5.56. The Bertz CT molecular complexity index is 477. The first kappa shape index (κ1) is 14.2. The van der Waals surface area contributed by atoms with Gasteiger partial charge in [-0.25, -0.2) is 8.42 Å². The van der Waals surface area contributed by atoms with Crippen LogP contribution in [0.2, 0.25) is 0 Å². The summed E-state index contributed by atoms with van der Waals surface area (Å²) in [5.41, 5.74) is 1.04. The molecule has 0 radical (unpaired) electrons. The van der Waals surface area contributed by atoms with E-state index in [-0.39, 0.29) is 6.04 Å². The van der Waals surface area contributed by atoms with Crippen molar-refractivity contribution in [3.63, 3.8) is 0 Å². The zero-order chi connectivity index (χ0) is 13.3. The molecule has 98 valence electrons. The Labute approximate surface area is 103 Å². The van der Waals surface area contributed by atoms with E-state index in [4.69, 9.17) is 0 Å². The number of nitrogens with one attached hydrogen (secondary N) is 1. The molecule has 0 saturated carbocycles. The first-order chi connectivity index (χ1) is 7.65. The van der Waals surface area contributed by atoms with Gasteiger partial charge in [-0.3, -0.25) is 4.68 Å². The first-order valence-corrected chi connectivity index (χ1v) is 7.45. The number of aromatic nitrogens is 2. The van der Waals surface area contributed by atoms with Crippen LogP contribution in [0.4, 0.5) is 0 Å². The lowest BCUT2D eigenvalue weighted by molar-refractivity contribution is 0.473. The van der Waals surface area contributed by atoms with Gasteiger partial charge in [-0.15, -0.1) is 0 Å². The Morgan fingerprint density at radius 1 is 1.53 bits per heavy atom. The van der Waals surface area contributed by atoms with Crippen LogP contribution < -0.4 is 5.32 Å². The number of rotatable bonds is 5. The predicted octanol–water partition coefficient (Wildman–Crippen LogP) is 0.894. The molecular weight excluding hydrogens is 238 g/mol. The number of sulfone groups is 1. The summed E-state index contributed by atoms with van der Waals surface area (Å²) < 4.78 is 24.1. The average molecular weight is 259 g/mol. The molecule has 1 aromatic heterocycles. The van der Waals surface area contributed by atoms with Crippen LogP contribution in [-0.4, -0.2) is 35.7 Å². The smallest absolute Gasteiger partial charge is 0.153 e. The summed E-state index contributed by atoms with van der Waals surface area (Å²) in [6, 6.07) is 1.99. The molecule has 5 nitrogen and oxygen atoms in total. The molecule has 0 saturated heterocycles. The van der Waals surface area contributed by atoms with Crippen molar-refractivity contribution in [1.82, 2.24) is 15.1 Å². The Kier molecular flexibility index (Phi) is 3.99. The molecule has 0 fully saturated rings. The second-order valence-corrected chi connectivity index (χ2v) is 7.66. The Morgan fingerprint density at radius 2 is 2.12 bits per heavy atom. The fraction of sp³-hybridized carbons (Fsp3) is 0.727. The molecule has 0 spiro atoms. The minimum atomic E-state index is -3.06. The highest BCUT2D eigenvalue weighted by atomic mass is 32.2. The summed E-state index contributed by atoms with van der Waals surface area (Å²) in [4.78, 5) is 0. The maximum Gasteiger partial charge on any atom is 0.153 e. The monoisotopic (exact) mass is 259 g/mol. The van der Waals surface area contributed by atoms with Gasteiger partial charge in [0.25, 0.3) is 0 Å². The number of nitrogens with zero attached hydrogens (tertiary/aromatic N) is 2. The van der Waals surface area contributed by atoms with Crippen molar-refractivity contribution in [3.05, 3.63) is 18.0 Å². The minimum absolute atomic E-state index is 0.0727. The van der Waals surface area contributed by atoms with Crippen molar-refractivity contribution >= 4 is 9.84 Å². The van der Waals surface area contributed by atoms with Gasteiger partial charge in [0.1, 0.15) is 0 Å². The summed E-state index contributed by atoms with van der Waals surface area (Å²) in [5.74, 6) is 0. The van der Waals surface area contributed by atoms with Crippen molar-refractivity contribution in [1.29, 1.82) is 0 Å². The second kappa shape index (κ2) is 4.78. The third-order valence-corrected chi connectivity index (χ3v) is 5.29. The van der Waals surface area contributed by atoms with Crippen LogP contribution in [0.1, 0.15) is 32.5 Å². The molecule has 1 atom stereocenters. The van der Waals surface area contributed by atoms with E-state index in [0.29, 0.717) is 6.54 Å². The Balaban J connectivity index is 2.67. The maximum absolute atomic E-state index is 11.6. The summed E-state index contributed by atoms with van der Waals surface area (Å²) >= 11 is 0. The highest BCUT2D eigenvalue weighted by Crippen LogP contribution is 2.16. The molecule has 1 heterocycles. The van der Waals surface area contributed by atoms with Crippen LogP contribution in [0.15, 0.2) is 12.3 Å². The van der Waals surface area contributed by atoms with Gasteiger partial charge < -0.3 is 5.32 Å². The molecule has 0 aromatic carbocycles. The Morgan fingerprint density at radius 3 is 2.53 bits per heavy atom. The van der Waals surface area contributed by atoms with E-state index in [0.717, 1.165) is 5.69 Å². The largest absolute Gasteiger partial charge is 0.307 e. The van der Waals surface area contributed by atoms with E-state index in [1.54, 1.807) is 24.7 Å². The molecule has 6 heteroatoms. The summed E-state index contributed by atoms with van der Waals surface area (Å²) in [7, 11) is -1.19. The third kappa shape index (κ3) is 3.29. The highest BCUT2D eigenvalue weighted by Gasteiger charge is 2.30. The van der Waals surface area contributed by atoms with Crippen LogP contribution in [0.5, 0.6) is 0 Å². The zero-order valence-electron chi connectivity index (χ0n) is 11.1. The van der Waals surface area contributed by atoms with Crippen LogP contribution in [0.25, 0.3) is 0 Å². The minimum Gasteiger partial charge on any atom is -0.307 e.